The number of amides is 1. The van der Waals surface area contributed by atoms with Gasteiger partial charge in [0.15, 0.2) is 4.34 Å². The van der Waals surface area contributed by atoms with E-state index in [0.29, 0.717) is 38.4 Å². The highest BCUT2D eigenvalue weighted by Crippen LogP contribution is 2.45. The van der Waals surface area contributed by atoms with E-state index in [-0.39, 0.29) is 29.2 Å². The molecule has 0 saturated carbocycles. The van der Waals surface area contributed by atoms with Crippen molar-refractivity contribution in [3.8, 4) is 11.5 Å². The summed E-state index contributed by atoms with van der Waals surface area (Å²) in [6.07, 6.45) is 2.31. The molecule has 0 spiro atoms. The second-order valence-corrected chi connectivity index (χ2v) is 12.6. The predicted octanol–water partition coefficient (Wildman–Crippen LogP) is 7.00. The van der Waals surface area contributed by atoms with Crippen LogP contribution < -0.4 is 14.4 Å². The molecule has 4 aromatic rings. The van der Waals surface area contributed by atoms with Crippen LogP contribution in [-0.4, -0.2) is 39.7 Å². The topological polar surface area (TPSA) is 102 Å². The van der Waals surface area contributed by atoms with E-state index in [1.807, 2.05) is 31.2 Å². The van der Waals surface area contributed by atoms with Crippen molar-refractivity contribution < 1.29 is 24.2 Å². The normalized spacial score (nSPS) is 18.9. The monoisotopic (exact) mass is 631 g/mol. The van der Waals surface area contributed by atoms with Gasteiger partial charge in [0.25, 0.3) is 5.78 Å². The van der Waals surface area contributed by atoms with Crippen molar-refractivity contribution >= 4 is 57.3 Å². The fraction of sp³-hybridized carbons (Fsp3) is 0.188. The molecule has 218 valence electrons. The van der Waals surface area contributed by atoms with E-state index < -0.39 is 17.7 Å². The lowest BCUT2D eigenvalue weighted by atomic mass is 9.94. The van der Waals surface area contributed by atoms with E-state index in [1.165, 1.54) is 28.0 Å². The minimum absolute atomic E-state index is 0.0127. The van der Waals surface area contributed by atoms with Gasteiger partial charge in [-0.25, -0.2) is 0 Å². The standard InChI is InChI=1S/C32H26ClN3O5S2/c1-3-13-40-23-9-6-8-19(16-23)27-26(28(37)20-11-12-25-22(15-20)14-18(2)41-25)29(38)30(39)36(27)31-34-35-32(43-31)42-17-21-7-4-5-10-24(21)33/h3-12,15-16,18,27,37H,1,13-14,17H2,2H3/b28-26-. The molecule has 2 unspecified atom stereocenters. The molecule has 0 bridgehead atoms. The lowest BCUT2D eigenvalue weighted by molar-refractivity contribution is -0.132. The number of carbonyl (C=O) groups is 2. The van der Waals surface area contributed by atoms with Crippen LogP contribution in [0.5, 0.6) is 11.5 Å². The van der Waals surface area contributed by atoms with Gasteiger partial charge >= 0.3 is 5.91 Å². The van der Waals surface area contributed by atoms with E-state index in [2.05, 4.69) is 16.8 Å². The number of hydrogen-bond acceptors (Lipinski definition) is 9. The Morgan fingerprint density at radius 3 is 2.84 bits per heavy atom. The number of thioether (sulfide) groups is 1. The number of anilines is 1. The van der Waals surface area contributed by atoms with Gasteiger partial charge in [-0.2, -0.15) is 0 Å². The smallest absolute Gasteiger partial charge is 0.301 e. The van der Waals surface area contributed by atoms with Crippen LogP contribution in [0.2, 0.25) is 5.02 Å². The summed E-state index contributed by atoms with van der Waals surface area (Å²) in [5.41, 5.74) is 2.81. The van der Waals surface area contributed by atoms with E-state index in [4.69, 9.17) is 21.1 Å². The number of aliphatic hydroxyl groups excluding tert-OH is 1. The number of fused-ring (bicyclic) bond motifs is 1. The second kappa shape index (κ2) is 12.2. The van der Waals surface area contributed by atoms with Gasteiger partial charge in [-0.05, 0) is 60.0 Å². The van der Waals surface area contributed by atoms with Gasteiger partial charge in [0.1, 0.15) is 30.0 Å². The molecule has 0 aliphatic carbocycles. The summed E-state index contributed by atoms with van der Waals surface area (Å²) in [5.74, 6) is -0.0709. The Labute approximate surface area is 261 Å². The first-order valence-corrected chi connectivity index (χ1v) is 15.7. The number of rotatable bonds is 9. The van der Waals surface area contributed by atoms with Crippen LogP contribution in [0.3, 0.4) is 0 Å². The number of nitrogens with zero attached hydrogens (tertiary/aromatic N) is 3. The van der Waals surface area contributed by atoms with E-state index in [1.54, 1.807) is 48.5 Å². The molecule has 1 fully saturated rings. The van der Waals surface area contributed by atoms with Crippen molar-refractivity contribution in [1.82, 2.24) is 10.2 Å². The molecule has 2 aliphatic heterocycles. The molecule has 2 aliphatic rings. The number of benzene rings is 3. The van der Waals surface area contributed by atoms with Crippen LogP contribution in [-0.2, 0) is 21.8 Å². The maximum absolute atomic E-state index is 13.6. The zero-order valence-corrected chi connectivity index (χ0v) is 25.4. The van der Waals surface area contributed by atoms with Gasteiger partial charge in [0, 0.05) is 22.8 Å². The summed E-state index contributed by atoms with van der Waals surface area (Å²) in [5, 5.41) is 21.1. The molecule has 11 heteroatoms. The Bertz CT molecular complexity index is 1770. The maximum atomic E-state index is 13.6. The fourth-order valence-corrected chi connectivity index (χ4v) is 7.27. The van der Waals surface area contributed by atoms with Gasteiger partial charge < -0.3 is 14.6 Å². The van der Waals surface area contributed by atoms with Crippen molar-refractivity contribution in [3.05, 3.63) is 112 Å². The Hall–Kier alpha value is -4.12. The van der Waals surface area contributed by atoms with Gasteiger partial charge in [0.05, 0.1) is 11.6 Å². The first-order valence-electron chi connectivity index (χ1n) is 13.5. The van der Waals surface area contributed by atoms with Crippen molar-refractivity contribution in [1.29, 1.82) is 0 Å². The first kappa shape index (κ1) is 29.0. The van der Waals surface area contributed by atoms with Crippen LogP contribution >= 0.6 is 34.7 Å². The molecule has 6 rings (SSSR count). The average Bonchev–Trinajstić information content (AvgIpc) is 3.70. The molecule has 0 radical (unpaired) electrons. The van der Waals surface area contributed by atoms with E-state index in [0.717, 1.165) is 16.9 Å². The Morgan fingerprint density at radius 2 is 2.02 bits per heavy atom. The summed E-state index contributed by atoms with van der Waals surface area (Å²) in [6.45, 7) is 5.94. The molecule has 1 N–H and O–H groups in total. The zero-order chi connectivity index (χ0) is 30.1. The minimum Gasteiger partial charge on any atom is -0.507 e. The highest BCUT2D eigenvalue weighted by atomic mass is 35.5. The largest absolute Gasteiger partial charge is 0.507 e. The Kier molecular flexibility index (Phi) is 8.25. The maximum Gasteiger partial charge on any atom is 0.301 e. The quantitative estimate of drug-likeness (QED) is 0.0526. The SMILES string of the molecule is C=CCOc1cccc(C2/C(=C(/O)c3ccc4c(c3)CC(C)O4)C(=O)C(=O)N2c2nnc(SCc3ccccc3Cl)s2)c1. The summed E-state index contributed by atoms with van der Waals surface area (Å²) in [4.78, 5) is 28.6. The predicted molar refractivity (Wildman–Crippen MR) is 168 cm³/mol. The molecule has 1 saturated heterocycles. The van der Waals surface area contributed by atoms with E-state index in [9.17, 15) is 14.7 Å². The molecule has 1 amide bonds. The van der Waals surface area contributed by atoms with Gasteiger partial charge in [-0.1, -0.05) is 77.7 Å². The summed E-state index contributed by atoms with van der Waals surface area (Å²) in [6, 6.07) is 18.9. The number of aromatic nitrogens is 2. The molecule has 43 heavy (non-hydrogen) atoms. The molecule has 3 heterocycles. The number of aliphatic hydroxyl groups is 1. The molecule has 8 nitrogen and oxygen atoms in total. The molecular weight excluding hydrogens is 606 g/mol. The van der Waals surface area contributed by atoms with E-state index >= 15 is 0 Å². The number of hydrogen-bond donors (Lipinski definition) is 1. The summed E-state index contributed by atoms with van der Waals surface area (Å²) < 4.78 is 12.1. The number of halogens is 1. The number of Topliss-reactive ketones (excluding diaryl/α,β-unsaturated/α-hetero) is 1. The van der Waals surface area contributed by atoms with Crippen molar-refractivity contribution in [2.24, 2.45) is 0 Å². The Balaban J connectivity index is 1.40. The fourth-order valence-electron chi connectivity index (χ4n) is 5.11. The third-order valence-corrected chi connectivity index (χ3v) is 9.54. The molecule has 3 aromatic carbocycles. The van der Waals surface area contributed by atoms with Crippen LogP contribution in [0.25, 0.3) is 5.76 Å². The lowest BCUT2D eigenvalue weighted by Gasteiger charge is -2.23. The highest BCUT2D eigenvalue weighted by Gasteiger charge is 2.48. The molecular formula is C32H26ClN3O5S2. The highest BCUT2D eigenvalue weighted by molar-refractivity contribution is 8.00. The van der Waals surface area contributed by atoms with Gasteiger partial charge in [-0.15, -0.1) is 10.2 Å². The second-order valence-electron chi connectivity index (χ2n) is 10.0. The first-order chi connectivity index (χ1) is 20.8. The van der Waals surface area contributed by atoms with Crippen LogP contribution in [0, 0.1) is 0 Å². The van der Waals surface area contributed by atoms with Crippen molar-refractivity contribution in [2.45, 2.75) is 35.6 Å². The van der Waals surface area contributed by atoms with Crippen LogP contribution in [0.15, 0.2) is 89.3 Å². The summed E-state index contributed by atoms with van der Waals surface area (Å²) >= 11 is 8.93. The molecule has 2 atom stereocenters. The third kappa shape index (κ3) is 5.78. The third-order valence-electron chi connectivity index (χ3n) is 7.07. The van der Waals surface area contributed by atoms with Crippen LogP contribution in [0.1, 0.15) is 35.2 Å². The van der Waals surface area contributed by atoms with Crippen molar-refractivity contribution in [2.75, 3.05) is 11.5 Å². The number of carbonyl (C=O) groups excluding carboxylic acids is 2. The summed E-state index contributed by atoms with van der Waals surface area (Å²) in [7, 11) is 0. The molecule has 1 aromatic heterocycles. The number of ether oxygens (including phenoxy) is 2. The Morgan fingerprint density at radius 1 is 1.19 bits per heavy atom. The van der Waals surface area contributed by atoms with Crippen LogP contribution in [0.4, 0.5) is 5.13 Å². The van der Waals surface area contributed by atoms with Crippen molar-refractivity contribution in [3.63, 3.8) is 0 Å². The average molecular weight is 632 g/mol. The van der Waals surface area contributed by atoms with Gasteiger partial charge in [0.2, 0.25) is 5.13 Å². The van der Waals surface area contributed by atoms with Gasteiger partial charge in [-0.3, -0.25) is 14.5 Å². The lowest BCUT2D eigenvalue weighted by Crippen LogP contribution is -2.29. The zero-order valence-electron chi connectivity index (χ0n) is 23.0. The minimum atomic E-state index is -0.968. The number of ketones is 1.